The van der Waals surface area contributed by atoms with E-state index >= 15 is 0 Å². The summed E-state index contributed by atoms with van der Waals surface area (Å²) in [5.74, 6) is 0.0731. The zero-order valence-electron chi connectivity index (χ0n) is 14.5. The standard InChI is InChI=1S/C16H22N4O4S/c1-19(25(3,22)23)13-5-6-15(24-2)14(11-13)16(21)18-7-4-9-20-10-8-17-12-20/h5-6,8,10-12H,4,7,9H2,1-3H3,(H,18,21). The first-order valence-corrected chi connectivity index (χ1v) is 9.53. The van der Waals surface area contributed by atoms with Gasteiger partial charge in [-0.25, -0.2) is 13.4 Å². The molecule has 0 atom stereocenters. The molecule has 1 amide bonds. The number of carbonyl (C=O) groups is 1. The zero-order chi connectivity index (χ0) is 18.4. The van der Waals surface area contributed by atoms with Crippen LogP contribution in [0.3, 0.4) is 0 Å². The number of ether oxygens (including phenoxy) is 1. The highest BCUT2D eigenvalue weighted by Gasteiger charge is 2.17. The highest BCUT2D eigenvalue weighted by atomic mass is 32.2. The lowest BCUT2D eigenvalue weighted by molar-refractivity contribution is 0.0949. The van der Waals surface area contributed by atoms with E-state index < -0.39 is 10.0 Å². The highest BCUT2D eigenvalue weighted by molar-refractivity contribution is 7.92. The second-order valence-corrected chi connectivity index (χ2v) is 7.54. The normalized spacial score (nSPS) is 11.2. The number of sulfonamides is 1. The molecule has 1 N–H and O–H groups in total. The molecule has 9 heteroatoms. The third kappa shape index (κ3) is 4.96. The number of amides is 1. The van der Waals surface area contributed by atoms with E-state index in [2.05, 4.69) is 10.3 Å². The van der Waals surface area contributed by atoms with E-state index in [0.29, 0.717) is 18.0 Å². The van der Waals surface area contributed by atoms with Gasteiger partial charge in [-0.15, -0.1) is 0 Å². The molecular weight excluding hydrogens is 344 g/mol. The monoisotopic (exact) mass is 366 g/mol. The third-order valence-corrected chi connectivity index (χ3v) is 4.93. The maximum atomic E-state index is 12.4. The van der Waals surface area contributed by atoms with Gasteiger partial charge in [-0.05, 0) is 24.6 Å². The van der Waals surface area contributed by atoms with Crippen molar-refractivity contribution in [3.63, 3.8) is 0 Å². The number of nitrogens with zero attached hydrogens (tertiary/aromatic N) is 3. The Morgan fingerprint density at radius 1 is 1.40 bits per heavy atom. The summed E-state index contributed by atoms with van der Waals surface area (Å²) < 4.78 is 31.6. The van der Waals surface area contributed by atoms with Crippen LogP contribution in [-0.4, -0.2) is 50.8 Å². The van der Waals surface area contributed by atoms with E-state index in [-0.39, 0.29) is 11.5 Å². The van der Waals surface area contributed by atoms with Crippen LogP contribution in [-0.2, 0) is 16.6 Å². The largest absolute Gasteiger partial charge is 0.496 e. The molecule has 1 heterocycles. The predicted octanol–water partition coefficient (Wildman–Crippen LogP) is 1.11. The van der Waals surface area contributed by atoms with Gasteiger partial charge >= 0.3 is 0 Å². The van der Waals surface area contributed by atoms with Gasteiger partial charge in [-0.3, -0.25) is 9.10 Å². The fourth-order valence-corrected chi connectivity index (χ4v) is 2.74. The Hall–Kier alpha value is -2.55. The van der Waals surface area contributed by atoms with Crippen LogP contribution < -0.4 is 14.4 Å². The smallest absolute Gasteiger partial charge is 0.255 e. The fourth-order valence-electron chi connectivity index (χ4n) is 2.24. The molecule has 0 bridgehead atoms. The summed E-state index contributed by atoms with van der Waals surface area (Å²) >= 11 is 0. The van der Waals surface area contributed by atoms with Gasteiger partial charge in [0.25, 0.3) is 5.91 Å². The number of imidazole rings is 1. The molecule has 1 aromatic heterocycles. The maximum Gasteiger partial charge on any atom is 0.255 e. The van der Waals surface area contributed by atoms with Crippen molar-refractivity contribution in [1.82, 2.24) is 14.9 Å². The minimum Gasteiger partial charge on any atom is -0.496 e. The van der Waals surface area contributed by atoms with E-state index in [0.717, 1.165) is 23.5 Å². The van der Waals surface area contributed by atoms with Gasteiger partial charge in [0.15, 0.2) is 0 Å². The van der Waals surface area contributed by atoms with Crippen molar-refractivity contribution in [2.24, 2.45) is 0 Å². The Labute approximate surface area is 147 Å². The van der Waals surface area contributed by atoms with Crippen LogP contribution in [0.1, 0.15) is 16.8 Å². The maximum absolute atomic E-state index is 12.4. The van der Waals surface area contributed by atoms with Crippen molar-refractivity contribution in [2.75, 3.05) is 31.3 Å². The van der Waals surface area contributed by atoms with E-state index in [9.17, 15) is 13.2 Å². The number of benzene rings is 1. The highest BCUT2D eigenvalue weighted by Crippen LogP contribution is 2.25. The number of anilines is 1. The van der Waals surface area contributed by atoms with Crippen molar-refractivity contribution in [3.05, 3.63) is 42.5 Å². The molecule has 2 rings (SSSR count). The second kappa shape index (κ2) is 8.02. The first kappa shape index (κ1) is 18.8. The molecule has 0 unspecified atom stereocenters. The van der Waals surface area contributed by atoms with Crippen LogP contribution >= 0.6 is 0 Å². The minimum absolute atomic E-state index is 0.290. The SMILES string of the molecule is COc1ccc(N(C)S(C)(=O)=O)cc1C(=O)NCCCn1ccnc1. The molecule has 0 aliphatic carbocycles. The molecule has 0 radical (unpaired) electrons. The lowest BCUT2D eigenvalue weighted by Crippen LogP contribution is -2.27. The summed E-state index contributed by atoms with van der Waals surface area (Å²) in [6.07, 6.45) is 7.12. The minimum atomic E-state index is -3.41. The van der Waals surface area contributed by atoms with Gasteiger partial charge in [0.2, 0.25) is 10.0 Å². The lowest BCUT2D eigenvalue weighted by Gasteiger charge is -2.18. The summed E-state index contributed by atoms with van der Waals surface area (Å²) in [6.45, 7) is 1.22. The number of nitrogens with one attached hydrogen (secondary N) is 1. The van der Waals surface area contributed by atoms with Crippen LogP contribution in [0.2, 0.25) is 0 Å². The Kier molecular flexibility index (Phi) is 6.02. The number of hydrogen-bond acceptors (Lipinski definition) is 5. The summed E-state index contributed by atoms with van der Waals surface area (Å²) in [6, 6.07) is 4.68. The molecule has 0 aliphatic heterocycles. The first-order chi connectivity index (χ1) is 11.8. The number of rotatable bonds is 8. The number of carbonyl (C=O) groups excluding carboxylic acids is 1. The Morgan fingerprint density at radius 2 is 2.16 bits per heavy atom. The van der Waals surface area contributed by atoms with Crippen molar-refractivity contribution >= 4 is 21.6 Å². The summed E-state index contributed by atoms with van der Waals surface area (Å²) in [5, 5.41) is 2.82. The van der Waals surface area contributed by atoms with Crippen LogP contribution in [0.5, 0.6) is 5.75 Å². The van der Waals surface area contributed by atoms with Gasteiger partial charge in [0, 0.05) is 32.5 Å². The molecule has 0 saturated heterocycles. The second-order valence-electron chi connectivity index (χ2n) is 5.53. The number of methoxy groups -OCH3 is 1. The van der Waals surface area contributed by atoms with Gasteiger partial charge in [0.1, 0.15) is 5.75 Å². The van der Waals surface area contributed by atoms with Crippen LogP contribution in [0, 0.1) is 0 Å². The van der Waals surface area contributed by atoms with E-state index in [1.807, 2.05) is 10.8 Å². The average Bonchev–Trinajstić information content (AvgIpc) is 3.09. The Morgan fingerprint density at radius 3 is 2.76 bits per heavy atom. The molecule has 0 fully saturated rings. The number of aryl methyl sites for hydroxylation is 1. The van der Waals surface area contributed by atoms with Crippen LogP contribution in [0.25, 0.3) is 0 Å². The fraction of sp³-hybridized carbons (Fsp3) is 0.375. The summed E-state index contributed by atoms with van der Waals surface area (Å²) in [5.41, 5.74) is 0.685. The molecule has 0 aliphatic rings. The summed E-state index contributed by atoms with van der Waals surface area (Å²) in [7, 11) is -0.514. The molecule has 0 spiro atoms. The van der Waals surface area contributed by atoms with Crippen LogP contribution in [0.15, 0.2) is 36.9 Å². The summed E-state index contributed by atoms with van der Waals surface area (Å²) in [4.78, 5) is 16.4. The Bertz CT molecular complexity index is 819. The van der Waals surface area contributed by atoms with Crippen molar-refractivity contribution in [2.45, 2.75) is 13.0 Å². The molecule has 136 valence electrons. The molecule has 1 aromatic carbocycles. The molecule has 8 nitrogen and oxygen atoms in total. The zero-order valence-corrected chi connectivity index (χ0v) is 15.3. The van der Waals surface area contributed by atoms with Gasteiger partial charge < -0.3 is 14.6 Å². The molecule has 25 heavy (non-hydrogen) atoms. The van der Waals surface area contributed by atoms with Crippen molar-refractivity contribution in [3.8, 4) is 5.75 Å². The van der Waals surface area contributed by atoms with Gasteiger partial charge in [-0.2, -0.15) is 0 Å². The van der Waals surface area contributed by atoms with Crippen molar-refractivity contribution < 1.29 is 17.9 Å². The van der Waals surface area contributed by atoms with E-state index in [1.165, 1.54) is 20.2 Å². The third-order valence-electron chi connectivity index (χ3n) is 3.73. The van der Waals surface area contributed by atoms with E-state index in [4.69, 9.17) is 4.74 Å². The van der Waals surface area contributed by atoms with Crippen LogP contribution in [0.4, 0.5) is 5.69 Å². The molecular formula is C16H22N4O4S. The first-order valence-electron chi connectivity index (χ1n) is 7.69. The average molecular weight is 366 g/mol. The van der Waals surface area contributed by atoms with E-state index in [1.54, 1.807) is 24.7 Å². The van der Waals surface area contributed by atoms with Gasteiger partial charge in [-0.1, -0.05) is 0 Å². The topological polar surface area (TPSA) is 93.5 Å². The Balaban J connectivity index is 2.06. The molecule has 2 aromatic rings. The lowest BCUT2D eigenvalue weighted by atomic mass is 10.1. The predicted molar refractivity (Wildman–Crippen MR) is 95.4 cm³/mol. The van der Waals surface area contributed by atoms with Gasteiger partial charge in [0.05, 0.1) is 30.9 Å². The molecule has 0 saturated carbocycles. The van der Waals surface area contributed by atoms with Crippen molar-refractivity contribution in [1.29, 1.82) is 0 Å². The number of aromatic nitrogens is 2. The quantitative estimate of drug-likeness (QED) is 0.707. The number of hydrogen-bond donors (Lipinski definition) is 1.